The molecule has 4 heteroatoms. The maximum Gasteiger partial charge on any atom is 0.128 e. The zero-order valence-corrected chi connectivity index (χ0v) is 12.1. The fourth-order valence-electron chi connectivity index (χ4n) is 2.14. The monoisotopic (exact) mass is 303 g/mol. The molecule has 1 unspecified atom stereocenters. The average molecular weight is 304 g/mol. The minimum absolute atomic E-state index is 0.288. The van der Waals surface area contributed by atoms with Gasteiger partial charge in [0.2, 0.25) is 0 Å². The molecule has 1 aromatic carbocycles. The summed E-state index contributed by atoms with van der Waals surface area (Å²) in [6, 6.07) is 4.34. The first-order valence-electron chi connectivity index (χ1n) is 5.76. The predicted octanol–water partition coefficient (Wildman–Crippen LogP) is 3.79. The average Bonchev–Trinajstić information content (AvgIpc) is 2.35. The molecule has 0 saturated heterocycles. The van der Waals surface area contributed by atoms with Gasteiger partial charge in [-0.15, -0.1) is 0 Å². The van der Waals surface area contributed by atoms with Gasteiger partial charge < -0.3 is 10.5 Å². The molecule has 1 atom stereocenters. The Kier molecular flexibility index (Phi) is 5.10. The van der Waals surface area contributed by atoms with E-state index in [0.29, 0.717) is 5.56 Å². The first-order chi connectivity index (χ1) is 8.00. The molecule has 0 bridgehead atoms. The summed E-state index contributed by atoms with van der Waals surface area (Å²) in [5, 5.41) is 0. The summed E-state index contributed by atoms with van der Waals surface area (Å²) < 4.78 is 20.2. The highest BCUT2D eigenvalue weighted by Gasteiger charge is 2.35. The van der Waals surface area contributed by atoms with E-state index in [1.807, 2.05) is 13.8 Å². The van der Waals surface area contributed by atoms with E-state index in [-0.39, 0.29) is 5.82 Å². The number of nitrogens with two attached hydrogens (primary N) is 1. The quantitative estimate of drug-likeness (QED) is 0.898. The first-order valence-corrected chi connectivity index (χ1v) is 6.55. The molecule has 0 fully saturated rings. The van der Waals surface area contributed by atoms with Crippen molar-refractivity contribution < 1.29 is 9.13 Å². The molecule has 96 valence electrons. The third-order valence-corrected chi connectivity index (χ3v) is 3.96. The Morgan fingerprint density at radius 3 is 2.47 bits per heavy atom. The number of benzene rings is 1. The van der Waals surface area contributed by atoms with E-state index < -0.39 is 11.6 Å². The molecule has 0 aliphatic carbocycles. The van der Waals surface area contributed by atoms with Crippen molar-refractivity contribution in [2.75, 3.05) is 7.11 Å². The summed E-state index contributed by atoms with van der Waals surface area (Å²) in [4.78, 5) is 0. The lowest BCUT2D eigenvalue weighted by molar-refractivity contribution is -0.0393. The topological polar surface area (TPSA) is 35.2 Å². The lowest BCUT2D eigenvalue weighted by Gasteiger charge is -2.36. The van der Waals surface area contributed by atoms with Crippen molar-refractivity contribution in [2.45, 2.75) is 38.3 Å². The Labute approximate surface area is 110 Å². The van der Waals surface area contributed by atoms with Crippen LogP contribution < -0.4 is 5.73 Å². The lowest BCUT2D eigenvalue weighted by atomic mass is 9.84. The van der Waals surface area contributed by atoms with Crippen LogP contribution >= 0.6 is 15.9 Å². The number of methoxy groups -OCH3 is 1. The molecule has 0 aliphatic rings. The molecule has 0 aliphatic heterocycles. The highest BCUT2D eigenvalue weighted by molar-refractivity contribution is 9.10. The van der Waals surface area contributed by atoms with E-state index >= 15 is 0 Å². The van der Waals surface area contributed by atoms with Crippen molar-refractivity contribution in [1.29, 1.82) is 0 Å². The van der Waals surface area contributed by atoms with Crippen LogP contribution in [0.15, 0.2) is 22.7 Å². The number of rotatable bonds is 5. The van der Waals surface area contributed by atoms with Gasteiger partial charge in [0.25, 0.3) is 0 Å². The van der Waals surface area contributed by atoms with Crippen molar-refractivity contribution in [2.24, 2.45) is 5.73 Å². The molecule has 2 nitrogen and oxygen atoms in total. The molecule has 0 spiro atoms. The second-order valence-corrected chi connectivity index (χ2v) is 5.04. The first kappa shape index (κ1) is 14.6. The highest BCUT2D eigenvalue weighted by Crippen LogP contribution is 2.35. The van der Waals surface area contributed by atoms with Gasteiger partial charge in [-0.3, -0.25) is 0 Å². The van der Waals surface area contributed by atoms with E-state index in [4.69, 9.17) is 10.5 Å². The minimum atomic E-state index is -0.512. The van der Waals surface area contributed by atoms with Gasteiger partial charge in [0, 0.05) is 17.1 Å². The van der Waals surface area contributed by atoms with Gasteiger partial charge in [-0.1, -0.05) is 29.8 Å². The number of hydrogen-bond donors (Lipinski definition) is 1. The van der Waals surface area contributed by atoms with Gasteiger partial charge in [0.15, 0.2) is 0 Å². The molecule has 0 saturated carbocycles. The second-order valence-electron chi connectivity index (χ2n) is 4.12. The summed E-state index contributed by atoms with van der Waals surface area (Å²) in [6.45, 7) is 4.01. The van der Waals surface area contributed by atoms with Crippen LogP contribution in [0.25, 0.3) is 0 Å². The van der Waals surface area contributed by atoms with E-state index in [9.17, 15) is 4.39 Å². The van der Waals surface area contributed by atoms with Crippen LogP contribution in [0.1, 0.15) is 38.3 Å². The SMILES string of the molecule is CCC(CC)(OC)C(N)c1cc(Br)ccc1F. The Morgan fingerprint density at radius 1 is 1.41 bits per heavy atom. The summed E-state index contributed by atoms with van der Waals surface area (Å²) >= 11 is 3.33. The third-order valence-electron chi connectivity index (χ3n) is 3.46. The van der Waals surface area contributed by atoms with E-state index in [0.717, 1.165) is 17.3 Å². The molecule has 0 radical (unpaired) electrons. The number of halogens is 2. The van der Waals surface area contributed by atoms with Crippen molar-refractivity contribution in [3.8, 4) is 0 Å². The fourth-order valence-corrected chi connectivity index (χ4v) is 2.52. The van der Waals surface area contributed by atoms with Crippen molar-refractivity contribution in [3.05, 3.63) is 34.1 Å². The van der Waals surface area contributed by atoms with Crippen molar-refractivity contribution >= 4 is 15.9 Å². The van der Waals surface area contributed by atoms with Gasteiger partial charge in [-0.2, -0.15) is 0 Å². The molecule has 0 amide bonds. The van der Waals surface area contributed by atoms with Gasteiger partial charge in [-0.25, -0.2) is 4.39 Å². The zero-order chi connectivity index (χ0) is 13.1. The van der Waals surface area contributed by atoms with Crippen LogP contribution in [0, 0.1) is 5.82 Å². The third kappa shape index (κ3) is 2.87. The Morgan fingerprint density at radius 2 is 2.00 bits per heavy atom. The molecule has 2 N–H and O–H groups in total. The molecule has 0 aromatic heterocycles. The van der Waals surface area contributed by atoms with E-state index in [2.05, 4.69) is 15.9 Å². The zero-order valence-electron chi connectivity index (χ0n) is 10.5. The lowest BCUT2D eigenvalue weighted by Crippen LogP contribution is -2.42. The van der Waals surface area contributed by atoms with Crippen LogP contribution in [0.2, 0.25) is 0 Å². The summed E-state index contributed by atoms with van der Waals surface area (Å²) in [5.74, 6) is -0.288. The Balaban J connectivity index is 3.17. The smallest absolute Gasteiger partial charge is 0.128 e. The van der Waals surface area contributed by atoms with Crippen LogP contribution in [0.5, 0.6) is 0 Å². The standard InChI is InChI=1S/C13H19BrFNO/c1-4-13(5-2,17-3)12(16)10-8-9(14)6-7-11(10)15/h6-8,12H,4-5,16H2,1-3H3. The normalized spacial score (nSPS) is 13.8. The summed E-state index contributed by atoms with van der Waals surface area (Å²) in [5.41, 5.74) is 6.17. The Bertz CT molecular complexity index is 371. The van der Waals surface area contributed by atoms with Crippen LogP contribution in [0.4, 0.5) is 4.39 Å². The molecular formula is C13H19BrFNO. The second kappa shape index (κ2) is 5.94. The minimum Gasteiger partial charge on any atom is -0.376 e. The summed E-state index contributed by atoms with van der Waals surface area (Å²) in [7, 11) is 1.63. The maximum absolute atomic E-state index is 13.8. The summed E-state index contributed by atoms with van der Waals surface area (Å²) in [6.07, 6.45) is 1.49. The van der Waals surface area contributed by atoms with Crippen LogP contribution in [0.3, 0.4) is 0 Å². The number of ether oxygens (including phenoxy) is 1. The number of hydrogen-bond acceptors (Lipinski definition) is 2. The maximum atomic E-state index is 13.8. The molecule has 1 aromatic rings. The molecule has 1 rings (SSSR count). The van der Waals surface area contributed by atoms with Gasteiger partial charge in [0.1, 0.15) is 5.82 Å². The van der Waals surface area contributed by atoms with Crippen molar-refractivity contribution in [3.63, 3.8) is 0 Å². The van der Waals surface area contributed by atoms with E-state index in [1.54, 1.807) is 19.2 Å². The predicted molar refractivity (Wildman–Crippen MR) is 71.4 cm³/mol. The van der Waals surface area contributed by atoms with E-state index in [1.165, 1.54) is 6.07 Å². The fraction of sp³-hybridized carbons (Fsp3) is 0.538. The Hall–Kier alpha value is -0.450. The van der Waals surface area contributed by atoms with Gasteiger partial charge in [-0.05, 0) is 31.0 Å². The molecule has 17 heavy (non-hydrogen) atoms. The van der Waals surface area contributed by atoms with Crippen LogP contribution in [-0.2, 0) is 4.74 Å². The van der Waals surface area contributed by atoms with Gasteiger partial charge >= 0.3 is 0 Å². The largest absolute Gasteiger partial charge is 0.376 e. The molecule has 0 heterocycles. The molecular weight excluding hydrogens is 285 g/mol. The van der Waals surface area contributed by atoms with Crippen LogP contribution in [-0.4, -0.2) is 12.7 Å². The highest BCUT2D eigenvalue weighted by atomic mass is 79.9. The van der Waals surface area contributed by atoms with Crippen molar-refractivity contribution in [1.82, 2.24) is 0 Å². The van der Waals surface area contributed by atoms with Gasteiger partial charge in [0.05, 0.1) is 11.6 Å².